The van der Waals surface area contributed by atoms with Crippen LogP contribution in [0.3, 0.4) is 0 Å². The lowest BCUT2D eigenvalue weighted by Gasteiger charge is -2.04. The third-order valence-corrected chi connectivity index (χ3v) is 4.63. The molecule has 3 aromatic carbocycles. The van der Waals surface area contributed by atoms with Gasteiger partial charge in [0.2, 0.25) is 0 Å². The zero-order chi connectivity index (χ0) is 14.0. The lowest BCUT2D eigenvalue weighted by atomic mass is 9.99. The monoisotopic (exact) mass is 270 g/mol. The first kappa shape index (κ1) is 11.0. The standard InChI is InChI=1S/C19H14N2/c20-21-16-8-4-3-7-15(16)19-17(21)10-9-13-11-12-5-1-2-6-14(12)18(13)19/h1-10H,11,20H2. The van der Waals surface area contributed by atoms with Crippen molar-refractivity contribution >= 4 is 21.8 Å². The maximum absolute atomic E-state index is 6.31. The predicted molar refractivity (Wildman–Crippen MR) is 87.8 cm³/mol. The van der Waals surface area contributed by atoms with Gasteiger partial charge >= 0.3 is 0 Å². The molecule has 0 saturated heterocycles. The number of nitrogens with zero attached hydrogens (tertiary/aromatic N) is 1. The van der Waals surface area contributed by atoms with Gasteiger partial charge in [-0.3, -0.25) is 4.68 Å². The molecule has 2 heteroatoms. The highest BCUT2D eigenvalue weighted by atomic mass is 15.3. The van der Waals surface area contributed by atoms with Crippen LogP contribution in [-0.4, -0.2) is 4.68 Å². The second kappa shape index (κ2) is 3.67. The Morgan fingerprint density at radius 3 is 2.52 bits per heavy atom. The topological polar surface area (TPSA) is 30.9 Å². The number of nitrogens with two attached hydrogens (primary N) is 1. The minimum absolute atomic E-state index is 1.02. The summed E-state index contributed by atoms with van der Waals surface area (Å²) in [6, 6.07) is 21.4. The number of rotatable bonds is 0. The summed E-state index contributed by atoms with van der Waals surface area (Å²) in [4.78, 5) is 0. The van der Waals surface area contributed by atoms with E-state index in [1.54, 1.807) is 0 Å². The summed E-state index contributed by atoms with van der Waals surface area (Å²) in [5.41, 5.74) is 7.73. The number of hydrogen-bond acceptors (Lipinski definition) is 1. The van der Waals surface area contributed by atoms with E-state index in [-0.39, 0.29) is 0 Å². The summed E-state index contributed by atoms with van der Waals surface area (Å²) in [6.07, 6.45) is 1.02. The highest BCUT2D eigenvalue weighted by Gasteiger charge is 2.23. The molecule has 0 saturated carbocycles. The summed E-state index contributed by atoms with van der Waals surface area (Å²) in [6.45, 7) is 0. The van der Waals surface area contributed by atoms with Crippen molar-refractivity contribution in [3.05, 3.63) is 71.8 Å². The Labute approximate surface area is 122 Å². The van der Waals surface area contributed by atoms with E-state index < -0.39 is 0 Å². The molecule has 1 aliphatic rings. The van der Waals surface area contributed by atoms with Crippen LogP contribution in [0.25, 0.3) is 32.9 Å². The van der Waals surface area contributed by atoms with Crippen LogP contribution in [0, 0.1) is 0 Å². The minimum atomic E-state index is 1.02. The van der Waals surface area contributed by atoms with E-state index in [0.717, 1.165) is 17.5 Å². The minimum Gasteiger partial charge on any atom is -0.339 e. The quantitative estimate of drug-likeness (QED) is 0.422. The van der Waals surface area contributed by atoms with Crippen molar-refractivity contribution in [2.45, 2.75) is 6.42 Å². The average Bonchev–Trinajstić information content (AvgIpc) is 3.04. The second-order valence-electron chi connectivity index (χ2n) is 5.71. The number of fused-ring (bicyclic) bond motifs is 7. The summed E-state index contributed by atoms with van der Waals surface area (Å²) in [7, 11) is 0. The van der Waals surface area contributed by atoms with Gasteiger partial charge in [-0.25, -0.2) is 0 Å². The molecule has 0 atom stereocenters. The van der Waals surface area contributed by atoms with Gasteiger partial charge in [0.1, 0.15) is 0 Å². The summed E-state index contributed by atoms with van der Waals surface area (Å²) < 4.78 is 1.81. The van der Waals surface area contributed by atoms with E-state index >= 15 is 0 Å². The highest BCUT2D eigenvalue weighted by Crippen LogP contribution is 2.44. The highest BCUT2D eigenvalue weighted by molar-refractivity contribution is 6.16. The molecular weight excluding hydrogens is 256 g/mol. The molecule has 0 bridgehead atoms. The third kappa shape index (κ3) is 1.27. The van der Waals surface area contributed by atoms with Gasteiger partial charge in [0.25, 0.3) is 0 Å². The van der Waals surface area contributed by atoms with E-state index in [1.165, 1.54) is 33.0 Å². The van der Waals surface area contributed by atoms with Gasteiger partial charge in [0.05, 0.1) is 11.0 Å². The number of nitrogen functional groups attached to an aromatic ring is 1. The van der Waals surface area contributed by atoms with Gasteiger partial charge in [-0.15, -0.1) is 0 Å². The van der Waals surface area contributed by atoms with E-state index in [0.29, 0.717) is 0 Å². The summed E-state index contributed by atoms with van der Waals surface area (Å²) in [5.74, 6) is 6.31. The fourth-order valence-electron chi connectivity index (χ4n) is 3.71. The Bertz CT molecular complexity index is 1020. The van der Waals surface area contributed by atoms with Crippen molar-refractivity contribution in [1.82, 2.24) is 4.68 Å². The Morgan fingerprint density at radius 2 is 1.57 bits per heavy atom. The fraction of sp³-hybridized carbons (Fsp3) is 0.0526. The number of aromatic nitrogens is 1. The van der Waals surface area contributed by atoms with Gasteiger partial charge in [-0.2, -0.15) is 0 Å². The van der Waals surface area contributed by atoms with Crippen LogP contribution in [-0.2, 0) is 6.42 Å². The molecule has 1 aromatic heterocycles. The SMILES string of the molecule is Nn1c2ccccc2c2c3c(ccc21)Cc1ccccc1-3. The molecule has 0 unspecified atom stereocenters. The number of para-hydroxylation sites is 1. The lowest BCUT2D eigenvalue weighted by Crippen LogP contribution is -2.06. The van der Waals surface area contributed by atoms with Crippen molar-refractivity contribution < 1.29 is 0 Å². The smallest absolute Gasteiger partial charge is 0.0710 e. The summed E-state index contributed by atoms with van der Waals surface area (Å²) in [5, 5.41) is 2.53. The van der Waals surface area contributed by atoms with Crippen LogP contribution in [0.15, 0.2) is 60.7 Å². The molecule has 2 N–H and O–H groups in total. The van der Waals surface area contributed by atoms with E-state index in [4.69, 9.17) is 5.84 Å². The van der Waals surface area contributed by atoms with Gasteiger partial charge < -0.3 is 5.84 Å². The van der Waals surface area contributed by atoms with E-state index in [2.05, 4.69) is 54.6 Å². The molecule has 0 aliphatic heterocycles. The largest absolute Gasteiger partial charge is 0.339 e. The molecule has 0 radical (unpaired) electrons. The molecule has 5 rings (SSSR count). The van der Waals surface area contributed by atoms with Crippen LogP contribution in [0.5, 0.6) is 0 Å². The first-order valence-corrected chi connectivity index (χ1v) is 7.23. The maximum atomic E-state index is 6.31. The van der Waals surface area contributed by atoms with Gasteiger partial charge in [0.15, 0.2) is 0 Å². The number of hydrogen-bond donors (Lipinski definition) is 1. The fourth-order valence-corrected chi connectivity index (χ4v) is 3.71. The zero-order valence-corrected chi connectivity index (χ0v) is 11.5. The molecule has 1 aliphatic carbocycles. The molecule has 21 heavy (non-hydrogen) atoms. The van der Waals surface area contributed by atoms with Crippen LogP contribution in [0.1, 0.15) is 11.1 Å². The first-order valence-electron chi connectivity index (χ1n) is 7.23. The average molecular weight is 270 g/mol. The van der Waals surface area contributed by atoms with Crippen molar-refractivity contribution in [3.8, 4) is 11.1 Å². The van der Waals surface area contributed by atoms with Crippen molar-refractivity contribution in [1.29, 1.82) is 0 Å². The number of benzene rings is 3. The molecule has 0 spiro atoms. The molecule has 1 heterocycles. The predicted octanol–water partition coefficient (Wildman–Crippen LogP) is 4.08. The van der Waals surface area contributed by atoms with E-state index in [1.807, 2.05) is 10.7 Å². The van der Waals surface area contributed by atoms with E-state index in [9.17, 15) is 0 Å². The van der Waals surface area contributed by atoms with Crippen LogP contribution in [0.2, 0.25) is 0 Å². The maximum Gasteiger partial charge on any atom is 0.0710 e. The van der Waals surface area contributed by atoms with Crippen LogP contribution < -0.4 is 5.84 Å². The molecular formula is C19H14N2. The van der Waals surface area contributed by atoms with Gasteiger partial charge in [-0.05, 0) is 40.8 Å². The molecule has 4 aromatic rings. The van der Waals surface area contributed by atoms with Gasteiger partial charge in [0, 0.05) is 10.8 Å². The molecule has 0 fully saturated rings. The van der Waals surface area contributed by atoms with Crippen molar-refractivity contribution in [3.63, 3.8) is 0 Å². The van der Waals surface area contributed by atoms with Crippen molar-refractivity contribution in [2.75, 3.05) is 5.84 Å². The zero-order valence-electron chi connectivity index (χ0n) is 11.5. The summed E-state index contributed by atoms with van der Waals surface area (Å²) >= 11 is 0. The van der Waals surface area contributed by atoms with Crippen LogP contribution >= 0.6 is 0 Å². The van der Waals surface area contributed by atoms with Crippen molar-refractivity contribution in [2.24, 2.45) is 0 Å². The molecule has 2 nitrogen and oxygen atoms in total. The second-order valence-corrected chi connectivity index (χ2v) is 5.71. The Hall–Kier alpha value is -2.74. The molecule has 100 valence electrons. The van der Waals surface area contributed by atoms with Gasteiger partial charge in [-0.1, -0.05) is 48.5 Å². The van der Waals surface area contributed by atoms with Crippen LogP contribution in [0.4, 0.5) is 0 Å². The lowest BCUT2D eigenvalue weighted by molar-refractivity contribution is 1.12. The Kier molecular flexibility index (Phi) is 1.92. The Balaban J connectivity index is 2.06. The third-order valence-electron chi connectivity index (χ3n) is 4.63. The first-order chi connectivity index (χ1) is 10.3. The normalized spacial score (nSPS) is 12.8. The Morgan fingerprint density at radius 1 is 0.762 bits per heavy atom. The molecule has 0 amide bonds.